The molecule has 0 saturated heterocycles. The van der Waals surface area contributed by atoms with Gasteiger partial charge >= 0.3 is 0 Å². The van der Waals surface area contributed by atoms with Crippen LogP contribution in [0.3, 0.4) is 0 Å². The summed E-state index contributed by atoms with van der Waals surface area (Å²) in [5.74, 6) is 0.318. The summed E-state index contributed by atoms with van der Waals surface area (Å²) in [6.07, 6.45) is 3.43. The van der Waals surface area contributed by atoms with Gasteiger partial charge in [-0.2, -0.15) is 0 Å². The Morgan fingerprint density at radius 3 is 2.90 bits per heavy atom. The predicted octanol–water partition coefficient (Wildman–Crippen LogP) is 3.94. The molecule has 0 aliphatic heterocycles. The average Bonchev–Trinajstić information content (AvgIpc) is 2.47. The number of nitrogens with zero attached hydrogens (tertiary/aromatic N) is 3. The summed E-state index contributed by atoms with van der Waals surface area (Å²) in [4.78, 5) is 18.5. The molecule has 0 saturated carbocycles. The van der Waals surface area contributed by atoms with E-state index in [9.17, 15) is 10.1 Å². The Morgan fingerprint density at radius 1 is 1.24 bits per heavy atom. The van der Waals surface area contributed by atoms with E-state index in [0.717, 1.165) is 16.5 Å². The van der Waals surface area contributed by atoms with Crippen molar-refractivity contribution in [1.82, 2.24) is 9.97 Å². The Hall–Kier alpha value is -2.73. The minimum absolute atomic E-state index is 0.0635. The van der Waals surface area contributed by atoms with E-state index in [1.807, 2.05) is 24.3 Å². The highest BCUT2D eigenvalue weighted by Gasteiger charge is 2.11. The van der Waals surface area contributed by atoms with E-state index in [0.29, 0.717) is 5.82 Å². The Labute approximate surface area is 124 Å². The second-order valence-corrected chi connectivity index (χ2v) is 4.71. The molecule has 0 unspecified atom stereocenters. The van der Waals surface area contributed by atoms with Crippen molar-refractivity contribution in [3.63, 3.8) is 0 Å². The van der Waals surface area contributed by atoms with Crippen molar-refractivity contribution >= 4 is 39.6 Å². The minimum Gasteiger partial charge on any atom is -0.339 e. The van der Waals surface area contributed by atoms with E-state index in [4.69, 9.17) is 11.6 Å². The third-order valence-corrected chi connectivity index (χ3v) is 3.13. The Balaban J connectivity index is 2.05. The monoisotopic (exact) mass is 300 g/mol. The topological polar surface area (TPSA) is 81.0 Å². The number of nitro groups is 1. The number of pyridine rings is 2. The van der Waals surface area contributed by atoms with E-state index in [-0.39, 0.29) is 10.8 Å². The third kappa shape index (κ3) is 2.75. The van der Waals surface area contributed by atoms with Gasteiger partial charge in [-0.15, -0.1) is 0 Å². The molecule has 0 amide bonds. The summed E-state index contributed by atoms with van der Waals surface area (Å²) in [6.45, 7) is 0. The molecule has 0 radical (unpaired) electrons. The quantitative estimate of drug-likeness (QED) is 0.450. The molecule has 7 heteroatoms. The fraction of sp³-hybridized carbons (Fsp3) is 0. The van der Waals surface area contributed by atoms with Gasteiger partial charge in [0.15, 0.2) is 0 Å². The van der Waals surface area contributed by atoms with Gasteiger partial charge in [-0.05, 0) is 12.1 Å². The summed E-state index contributed by atoms with van der Waals surface area (Å²) in [5.41, 5.74) is 0.665. The van der Waals surface area contributed by atoms with E-state index >= 15 is 0 Å². The van der Waals surface area contributed by atoms with Gasteiger partial charge < -0.3 is 5.32 Å². The first-order valence-electron chi connectivity index (χ1n) is 6.05. The van der Waals surface area contributed by atoms with Gasteiger partial charge in [0.2, 0.25) is 0 Å². The largest absolute Gasteiger partial charge is 0.339 e. The second-order valence-electron chi connectivity index (χ2n) is 4.32. The van der Waals surface area contributed by atoms with Crippen molar-refractivity contribution in [1.29, 1.82) is 0 Å². The van der Waals surface area contributed by atoms with Crippen molar-refractivity contribution in [2.75, 3.05) is 5.32 Å². The van der Waals surface area contributed by atoms with Crippen LogP contribution < -0.4 is 5.32 Å². The zero-order valence-electron chi connectivity index (χ0n) is 10.7. The maximum Gasteiger partial charge on any atom is 0.276 e. The van der Waals surface area contributed by atoms with Crippen molar-refractivity contribution in [2.24, 2.45) is 0 Å². The van der Waals surface area contributed by atoms with Gasteiger partial charge in [0.25, 0.3) is 5.69 Å². The SMILES string of the molecule is O=[N+]([O-])c1cc(Cl)nc(Nc2cccc3cnccc23)c1. The van der Waals surface area contributed by atoms with E-state index in [2.05, 4.69) is 15.3 Å². The summed E-state index contributed by atoms with van der Waals surface area (Å²) in [7, 11) is 0. The molecule has 21 heavy (non-hydrogen) atoms. The lowest BCUT2D eigenvalue weighted by Crippen LogP contribution is -1.97. The zero-order chi connectivity index (χ0) is 14.8. The summed E-state index contributed by atoms with van der Waals surface area (Å²) in [6, 6.07) is 10.1. The van der Waals surface area contributed by atoms with Crippen LogP contribution in [0.25, 0.3) is 10.8 Å². The normalized spacial score (nSPS) is 10.5. The Kier molecular flexibility index (Phi) is 3.37. The smallest absolute Gasteiger partial charge is 0.276 e. The maximum atomic E-state index is 10.9. The van der Waals surface area contributed by atoms with Gasteiger partial charge in [-0.1, -0.05) is 23.7 Å². The highest BCUT2D eigenvalue weighted by Crippen LogP contribution is 2.27. The van der Waals surface area contributed by atoms with Gasteiger partial charge in [0, 0.05) is 28.9 Å². The van der Waals surface area contributed by atoms with Gasteiger partial charge in [-0.25, -0.2) is 4.98 Å². The van der Waals surface area contributed by atoms with Crippen LogP contribution in [0.4, 0.5) is 17.2 Å². The number of aromatic nitrogens is 2. The van der Waals surface area contributed by atoms with E-state index in [1.54, 1.807) is 12.4 Å². The highest BCUT2D eigenvalue weighted by atomic mass is 35.5. The van der Waals surface area contributed by atoms with Crippen LogP contribution >= 0.6 is 11.6 Å². The molecule has 2 aromatic heterocycles. The van der Waals surface area contributed by atoms with Gasteiger partial charge in [0.1, 0.15) is 11.0 Å². The zero-order valence-corrected chi connectivity index (χ0v) is 11.4. The fourth-order valence-electron chi connectivity index (χ4n) is 2.02. The number of benzene rings is 1. The highest BCUT2D eigenvalue weighted by molar-refractivity contribution is 6.29. The Bertz CT molecular complexity index is 833. The standard InChI is InChI=1S/C14H9ClN4O2/c15-13-6-10(19(20)21)7-14(18-13)17-12-3-1-2-9-8-16-5-4-11(9)12/h1-8H,(H,17,18). The number of halogens is 1. The molecule has 0 aliphatic carbocycles. The Morgan fingerprint density at radius 2 is 2.10 bits per heavy atom. The van der Waals surface area contributed by atoms with Gasteiger partial charge in [-0.3, -0.25) is 15.1 Å². The number of fused-ring (bicyclic) bond motifs is 1. The molecule has 0 bridgehead atoms. The summed E-state index contributed by atoms with van der Waals surface area (Å²) >= 11 is 5.81. The lowest BCUT2D eigenvalue weighted by atomic mass is 10.1. The van der Waals surface area contributed by atoms with Crippen LogP contribution in [0.2, 0.25) is 5.15 Å². The van der Waals surface area contributed by atoms with Crippen molar-refractivity contribution in [3.05, 3.63) is 64.1 Å². The fourth-order valence-corrected chi connectivity index (χ4v) is 2.23. The molecule has 3 rings (SSSR count). The lowest BCUT2D eigenvalue weighted by molar-refractivity contribution is -0.384. The van der Waals surface area contributed by atoms with Crippen LogP contribution in [0.1, 0.15) is 0 Å². The third-order valence-electron chi connectivity index (χ3n) is 2.93. The van der Waals surface area contributed by atoms with Crippen molar-refractivity contribution in [2.45, 2.75) is 0 Å². The molecule has 0 fully saturated rings. The first kappa shape index (κ1) is 13.3. The lowest BCUT2D eigenvalue weighted by Gasteiger charge is -2.09. The van der Waals surface area contributed by atoms with Crippen LogP contribution in [-0.4, -0.2) is 14.9 Å². The maximum absolute atomic E-state index is 10.9. The number of hydrogen-bond acceptors (Lipinski definition) is 5. The number of nitrogens with one attached hydrogen (secondary N) is 1. The van der Waals surface area contributed by atoms with Gasteiger partial charge in [0.05, 0.1) is 17.1 Å². The molecule has 0 aliphatic rings. The summed E-state index contributed by atoms with van der Waals surface area (Å²) in [5, 5.41) is 15.9. The number of rotatable bonds is 3. The molecular formula is C14H9ClN4O2. The van der Waals surface area contributed by atoms with Crippen LogP contribution in [-0.2, 0) is 0 Å². The second kappa shape index (κ2) is 5.34. The molecule has 0 spiro atoms. The van der Waals surface area contributed by atoms with Crippen molar-refractivity contribution < 1.29 is 4.92 Å². The predicted molar refractivity (Wildman–Crippen MR) is 80.9 cm³/mol. The van der Waals surface area contributed by atoms with Crippen LogP contribution in [0, 0.1) is 10.1 Å². The van der Waals surface area contributed by atoms with Crippen molar-refractivity contribution in [3.8, 4) is 0 Å². The van der Waals surface area contributed by atoms with E-state index < -0.39 is 4.92 Å². The summed E-state index contributed by atoms with van der Waals surface area (Å²) < 4.78 is 0. The average molecular weight is 301 g/mol. The molecule has 1 N–H and O–H groups in total. The molecule has 6 nitrogen and oxygen atoms in total. The molecule has 104 valence electrons. The first-order chi connectivity index (χ1) is 10.1. The minimum atomic E-state index is -0.508. The first-order valence-corrected chi connectivity index (χ1v) is 6.43. The molecule has 0 atom stereocenters. The van der Waals surface area contributed by atoms with Crippen LogP contribution in [0.15, 0.2) is 48.8 Å². The molecule has 2 heterocycles. The molecule has 3 aromatic rings. The molecule has 1 aromatic carbocycles. The molecular weight excluding hydrogens is 292 g/mol. The number of hydrogen-bond donors (Lipinski definition) is 1. The van der Waals surface area contributed by atoms with E-state index in [1.165, 1.54) is 12.1 Å². The number of anilines is 2. The van der Waals surface area contributed by atoms with Crippen LogP contribution in [0.5, 0.6) is 0 Å².